The van der Waals surface area contributed by atoms with Crippen molar-refractivity contribution >= 4 is 11.9 Å². The highest BCUT2D eigenvalue weighted by Crippen LogP contribution is 2.32. The number of carbonyl (C=O) groups is 2. The molecule has 4 heteroatoms. The van der Waals surface area contributed by atoms with Crippen molar-refractivity contribution in [2.24, 2.45) is 17.8 Å². The van der Waals surface area contributed by atoms with Gasteiger partial charge in [0.2, 0.25) is 0 Å². The molecular weight excluding hydrogens is 328 g/mol. The van der Waals surface area contributed by atoms with Gasteiger partial charge in [0.15, 0.2) is 0 Å². The van der Waals surface area contributed by atoms with Crippen LogP contribution in [-0.4, -0.2) is 25.2 Å². The molecule has 2 unspecified atom stereocenters. The van der Waals surface area contributed by atoms with Crippen LogP contribution >= 0.6 is 0 Å². The first kappa shape index (κ1) is 23.0. The SMILES string of the molecule is CCCCCOC(=O)C1CCCCC1C(=O)OCCCCCCC(C)C. The molecule has 0 amide bonds. The second-order valence-electron chi connectivity index (χ2n) is 8.14. The maximum atomic E-state index is 12.4. The van der Waals surface area contributed by atoms with Gasteiger partial charge in [-0.15, -0.1) is 0 Å². The van der Waals surface area contributed by atoms with E-state index in [2.05, 4.69) is 20.8 Å². The van der Waals surface area contributed by atoms with E-state index in [1.54, 1.807) is 0 Å². The number of ether oxygens (including phenoxy) is 2. The Labute approximate surface area is 160 Å². The second-order valence-corrected chi connectivity index (χ2v) is 8.14. The minimum absolute atomic E-state index is 0.192. The number of hydrogen-bond donors (Lipinski definition) is 0. The van der Waals surface area contributed by atoms with Crippen LogP contribution in [0.1, 0.15) is 97.8 Å². The fraction of sp³-hybridized carbons (Fsp3) is 0.909. The molecule has 0 spiro atoms. The molecule has 0 saturated heterocycles. The lowest BCUT2D eigenvalue weighted by Gasteiger charge is -2.28. The van der Waals surface area contributed by atoms with Crippen molar-refractivity contribution in [2.45, 2.75) is 97.8 Å². The molecule has 0 aromatic rings. The van der Waals surface area contributed by atoms with Gasteiger partial charge >= 0.3 is 11.9 Å². The van der Waals surface area contributed by atoms with Crippen LogP contribution in [-0.2, 0) is 19.1 Å². The van der Waals surface area contributed by atoms with Gasteiger partial charge in [-0.3, -0.25) is 9.59 Å². The summed E-state index contributed by atoms with van der Waals surface area (Å²) in [5, 5.41) is 0. The Morgan fingerprint density at radius 2 is 1.31 bits per heavy atom. The van der Waals surface area contributed by atoms with Crippen molar-refractivity contribution in [1.29, 1.82) is 0 Å². The molecule has 152 valence electrons. The van der Waals surface area contributed by atoms with E-state index in [0.717, 1.165) is 63.7 Å². The average molecular weight is 369 g/mol. The molecule has 1 fully saturated rings. The number of carbonyl (C=O) groups excluding carboxylic acids is 2. The fourth-order valence-corrected chi connectivity index (χ4v) is 3.61. The topological polar surface area (TPSA) is 52.6 Å². The average Bonchev–Trinajstić information content (AvgIpc) is 2.64. The van der Waals surface area contributed by atoms with E-state index >= 15 is 0 Å². The zero-order valence-electron chi connectivity index (χ0n) is 17.3. The summed E-state index contributed by atoms with van der Waals surface area (Å²) >= 11 is 0. The van der Waals surface area contributed by atoms with E-state index in [4.69, 9.17) is 9.47 Å². The van der Waals surface area contributed by atoms with Gasteiger partial charge in [-0.2, -0.15) is 0 Å². The zero-order valence-corrected chi connectivity index (χ0v) is 17.3. The summed E-state index contributed by atoms with van der Waals surface area (Å²) in [5.74, 6) is -0.232. The molecule has 1 saturated carbocycles. The number of unbranched alkanes of at least 4 members (excludes halogenated alkanes) is 5. The number of hydrogen-bond acceptors (Lipinski definition) is 4. The lowest BCUT2D eigenvalue weighted by atomic mass is 9.79. The molecular formula is C22H40O4. The summed E-state index contributed by atoms with van der Waals surface area (Å²) in [6.07, 6.45) is 12.3. The van der Waals surface area contributed by atoms with Gasteiger partial charge in [0, 0.05) is 0 Å². The maximum Gasteiger partial charge on any atom is 0.309 e. The molecule has 1 aliphatic carbocycles. The Kier molecular flexibility index (Phi) is 12.4. The van der Waals surface area contributed by atoms with E-state index < -0.39 is 0 Å². The van der Waals surface area contributed by atoms with E-state index in [9.17, 15) is 9.59 Å². The van der Waals surface area contributed by atoms with Gasteiger partial charge in [-0.25, -0.2) is 0 Å². The normalized spacial score (nSPS) is 20.2. The monoisotopic (exact) mass is 368 g/mol. The summed E-state index contributed by atoms with van der Waals surface area (Å²) < 4.78 is 10.9. The van der Waals surface area contributed by atoms with Crippen LogP contribution in [0.5, 0.6) is 0 Å². The Bertz CT molecular complexity index is 392. The van der Waals surface area contributed by atoms with Crippen molar-refractivity contribution in [1.82, 2.24) is 0 Å². The molecule has 0 aliphatic heterocycles. The maximum absolute atomic E-state index is 12.4. The summed E-state index contributed by atoms with van der Waals surface area (Å²) in [7, 11) is 0. The number of esters is 2. The highest BCUT2D eigenvalue weighted by Gasteiger charge is 2.37. The quantitative estimate of drug-likeness (QED) is 0.310. The third-order valence-corrected chi connectivity index (χ3v) is 5.28. The molecule has 0 aromatic heterocycles. The predicted molar refractivity (Wildman–Crippen MR) is 105 cm³/mol. The van der Waals surface area contributed by atoms with Crippen LogP contribution in [0, 0.1) is 17.8 Å². The molecule has 0 radical (unpaired) electrons. The lowest BCUT2D eigenvalue weighted by molar-refractivity contribution is -0.163. The Morgan fingerprint density at radius 3 is 1.81 bits per heavy atom. The molecule has 0 bridgehead atoms. The summed E-state index contributed by atoms with van der Waals surface area (Å²) in [6, 6.07) is 0. The molecule has 26 heavy (non-hydrogen) atoms. The van der Waals surface area contributed by atoms with E-state index in [0.29, 0.717) is 13.2 Å². The van der Waals surface area contributed by atoms with Crippen LogP contribution in [0.25, 0.3) is 0 Å². The zero-order chi connectivity index (χ0) is 19.2. The predicted octanol–water partition coefficient (Wildman–Crippen LogP) is 5.68. The second kappa shape index (κ2) is 14.1. The summed E-state index contributed by atoms with van der Waals surface area (Å²) in [4.78, 5) is 24.8. The molecule has 0 N–H and O–H groups in total. The summed E-state index contributed by atoms with van der Waals surface area (Å²) in [5.41, 5.74) is 0. The molecule has 1 aliphatic rings. The largest absolute Gasteiger partial charge is 0.465 e. The molecule has 1 rings (SSSR count). The minimum Gasteiger partial charge on any atom is -0.465 e. The standard InChI is InChI=1S/C22H40O4/c1-4-5-11-16-25-21(23)19-14-9-10-15-20(19)22(24)26-17-12-7-6-8-13-18(2)3/h18-20H,4-17H2,1-3H3. The van der Waals surface area contributed by atoms with Crippen molar-refractivity contribution in [2.75, 3.05) is 13.2 Å². The first-order valence-electron chi connectivity index (χ1n) is 10.9. The van der Waals surface area contributed by atoms with Crippen LogP contribution in [0.4, 0.5) is 0 Å². The van der Waals surface area contributed by atoms with Gasteiger partial charge < -0.3 is 9.47 Å². The van der Waals surface area contributed by atoms with Gasteiger partial charge in [-0.1, -0.05) is 72.1 Å². The Balaban J connectivity index is 2.27. The van der Waals surface area contributed by atoms with Gasteiger partial charge in [0.25, 0.3) is 0 Å². The van der Waals surface area contributed by atoms with E-state index in [1.807, 2.05) is 0 Å². The highest BCUT2D eigenvalue weighted by atomic mass is 16.5. The van der Waals surface area contributed by atoms with E-state index in [-0.39, 0.29) is 23.8 Å². The number of rotatable bonds is 13. The third kappa shape index (κ3) is 9.59. The van der Waals surface area contributed by atoms with Crippen LogP contribution in [0.3, 0.4) is 0 Å². The van der Waals surface area contributed by atoms with Crippen molar-refractivity contribution in [3.8, 4) is 0 Å². The summed E-state index contributed by atoms with van der Waals surface area (Å²) in [6.45, 7) is 7.57. The molecule has 0 heterocycles. The van der Waals surface area contributed by atoms with Crippen LogP contribution in [0.2, 0.25) is 0 Å². The Hall–Kier alpha value is -1.06. The molecule has 4 nitrogen and oxygen atoms in total. The van der Waals surface area contributed by atoms with Gasteiger partial charge in [0.05, 0.1) is 25.0 Å². The first-order chi connectivity index (χ1) is 12.6. The minimum atomic E-state index is -0.302. The molecule has 0 aromatic carbocycles. The van der Waals surface area contributed by atoms with Crippen molar-refractivity contribution in [3.63, 3.8) is 0 Å². The van der Waals surface area contributed by atoms with Gasteiger partial charge in [0.1, 0.15) is 0 Å². The lowest BCUT2D eigenvalue weighted by Crippen LogP contribution is -2.35. The van der Waals surface area contributed by atoms with Crippen LogP contribution < -0.4 is 0 Å². The van der Waals surface area contributed by atoms with Gasteiger partial charge in [-0.05, 0) is 31.6 Å². The van der Waals surface area contributed by atoms with Crippen LogP contribution in [0.15, 0.2) is 0 Å². The Morgan fingerprint density at radius 1 is 0.808 bits per heavy atom. The first-order valence-corrected chi connectivity index (χ1v) is 10.9. The van der Waals surface area contributed by atoms with E-state index in [1.165, 1.54) is 19.3 Å². The molecule has 2 atom stereocenters. The fourth-order valence-electron chi connectivity index (χ4n) is 3.61. The third-order valence-electron chi connectivity index (χ3n) is 5.28. The van der Waals surface area contributed by atoms with Crippen molar-refractivity contribution < 1.29 is 19.1 Å². The highest BCUT2D eigenvalue weighted by molar-refractivity contribution is 5.82. The smallest absolute Gasteiger partial charge is 0.309 e. The van der Waals surface area contributed by atoms with Crippen molar-refractivity contribution in [3.05, 3.63) is 0 Å².